The molecule has 218 valence electrons. The Balaban J connectivity index is 1.44. The molecule has 0 spiro atoms. The van der Waals surface area contributed by atoms with Gasteiger partial charge < -0.3 is 25.0 Å². The molecule has 0 radical (unpaired) electrons. The Morgan fingerprint density at radius 2 is 2.10 bits per heavy atom. The summed E-state index contributed by atoms with van der Waals surface area (Å²) in [4.78, 5) is 35.8. The summed E-state index contributed by atoms with van der Waals surface area (Å²) in [5, 5.41) is 16.5. The number of piperazine rings is 1. The normalized spacial score (nSPS) is 21.5. The lowest BCUT2D eigenvalue weighted by atomic mass is 9.86. The van der Waals surface area contributed by atoms with Crippen LogP contribution in [0.3, 0.4) is 0 Å². The molecule has 2 atom stereocenters. The predicted octanol–water partition coefficient (Wildman–Crippen LogP) is 3.79. The first kappa shape index (κ1) is 29.4. The first-order valence-electron chi connectivity index (χ1n) is 13.1. The van der Waals surface area contributed by atoms with Crippen LogP contribution in [-0.4, -0.2) is 94.3 Å². The van der Waals surface area contributed by atoms with Crippen LogP contribution in [0.1, 0.15) is 30.3 Å². The average molecular weight is 620 g/mol. The highest BCUT2D eigenvalue weighted by Crippen LogP contribution is 2.39. The van der Waals surface area contributed by atoms with Crippen molar-refractivity contribution >= 4 is 57.9 Å². The van der Waals surface area contributed by atoms with E-state index < -0.39 is 29.1 Å². The number of allylic oxidation sites excluding steroid dienone is 1. The van der Waals surface area contributed by atoms with Crippen molar-refractivity contribution in [1.82, 2.24) is 25.0 Å². The van der Waals surface area contributed by atoms with Crippen LogP contribution in [0.5, 0.6) is 0 Å². The van der Waals surface area contributed by atoms with Crippen molar-refractivity contribution in [2.45, 2.75) is 25.8 Å². The van der Waals surface area contributed by atoms with Crippen LogP contribution >= 0.6 is 35.2 Å². The lowest BCUT2D eigenvalue weighted by molar-refractivity contribution is -0.147. The van der Waals surface area contributed by atoms with Crippen molar-refractivity contribution < 1.29 is 23.8 Å². The molecule has 0 aliphatic carbocycles. The van der Waals surface area contributed by atoms with Crippen molar-refractivity contribution in [2.24, 2.45) is 5.41 Å². The number of carbonyl (C=O) groups excluding carboxylic acids is 1. The topological polar surface area (TPSA) is 98.2 Å². The predicted molar refractivity (Wildman–Crippen MR) is 159 cm³/mol. The molecule has 0 amide bonds. The number of aromatic nitrogens is 1. The molecule has 2 N–H and O–H groups in total. The maximum Gasteiger partial charge on any atom is 0.336 e. The monoisotopic (exact) mass is 619 g/mol. The fraction of sp³-hybridized carbons (Fsp3) is 0.429. The summed E-state index contributed by atoms with van der Waals surface area (Å²) in [5.74, 6) is -2.42. The summed E-state index contributed by atoms with van der Waals surface area (Å²) >= 11 is 13.7. The standard InChI is InChI=1S/C28H31ClFN5O4S2/c1-28(2,26(37)38)15-34-13-17-12-33(7-8-35(17)27(34)40)14-22-23(25(36)39-3)19(18-5-4-16(30)10-20(18)29)11-21(32-22)24-31-6-9-41-24/h4-6,9-11,17,19,32H,7-8,12-15H2,1-3H3,(H,37,38)/t17-,19+/m1/s1. The zero-order chi connectivity index (χ0) is 29.5. The third-order valence-corrected chi connectivity index (χ3v) is 9.31. The van der Waals surface area contributed by atoms with Gasteiger partial charge in [-0.15, -0.1) is 11.3 Å². The van der Waals surface area contributed by atoms with Crippen LogP contribution in [0.2, 0.25) is 5.02 Å². The quantitative estimate of drug-likeness (QED) is 0.336. The number of hydrogen-bond acceptors (Lipinski definition) is 8. The molecular formula is C28H31ClFN5O4S2. The highest BCUT2D eigenvalue weighted by atomic mass is 35.5. The summed E-state index contributed by atoms with van der Waals surface area (Å²) in [6.07, 6.45) is 3.59. The smallest absolute Gasteiger partial charge is 0.336 e. The number of dihydropyridines is 1. The number of carbonyl (C=O) groups is 2. The van der Waals surface area contributed by atoms with E-state index in [4.69, 9.17) is 28.6 Å². The number of benzene rings is 1. The summed E-state index contributed by atoms with van der Waals surface area (Å²) < 4.78 is 19.2. The molecule has 41 heavy (non-hydrogen) atoms. The molecule has 4 heterocycles. The maximum atomic E-state index is 13.9. The first-order chi connectivity index (χ1) is 19.5. The lowest BCUT2D eigenvalue weighted by Crippen LogP contribution is -2.53. The molecule has 0 bridgehead atoms. The lowest BCUT2D eigenvalue weighted by Gasteiger charge is -2.39. The van der Waals surface area contributed by atoms with Gasteiger partial charge in [-0.25, -0.2) is 14.2 Å². The Hall–Kier alpha value is -3.06. The summed E-state index contributed by atoms with van der Waals surface area (Å²) in [7, 11) is 1.34. The number of esters is 1. The number of carboxylic acids is 1. The van der Waals surface area contributed by atoms with Gasteiger partial charge in [0.15, 0.2) is 5.11 Å². The van der Waals surface area contributed by atoms with Crippen molar-refractivity contribution in [3.05, 3.63) is 68.5 Å². The molecule has 0 saturated carbocycles. The maximum absolute atomic E-state index is 13.9. The largest absolute Gasteiger partial charge is 0.481 e. The average Bonchev–Trinajstić information content (AvgIpc) is 3.56. The highest BCUT2D eigenvalue weighted by molar-refractivity contribution is 7.80. The fourth-order valence-corrected chi connectivity index (χ4v) is 6.84. The van der Waals surface area contributed by atoms with Crippen LogP contribution in [0.25, 0.3) is 5.70 Å². The van der Waals surface area contributed by atoms with Gasteiger partial charge in [0.05, 0.1) is 29.8 Å². The minimum atomic E-state index is -0.931. The van der Waals surface area contributed by atoms with Gasteiger partial charge in [0.25, 0.3) is 0 Å². The molecule has 2 aromatic rings. The molecule has 2 fully saturated rings. The molecule has 9 nitrogen and oxygen atoms in total. The van der Waals surface area contributed by atoms with Crippen molar-refractivity contribution in [3.63, 3.8) is 0 Å². The van der Waals surface area contributed by atoms with E-state index in [0.717, 1.165) is 10.7 Å². The van der Waals surface area contributed by atoms with E-state index in [0.29, 0.717) is 61.2 Å². The number of halogens is 2. The molecular weight excluding hydrogens is 589 g/mol. The van der Waals surface area contributed by atoms with Gasteiger partial charge in [0, 0.05) is 67.5 Å². The zero-order valence-corrected chi connectivity index (χ0v) is 25.3. The van der Waals surface area contributed by atoms with Crippen LogP contribution in [0, 0.1) is 11.2 Å². The van der Waals surface area contributed by atoms with Crippen LogP contribution in [-0.2, 0) is 14.3 Å². The van der Waals surface area contributed by atoms with Gasteiger partial charge in [-0.05, 0) is 49.8 Å². The zero-order valence-electron chi connectivity index (χ0n) is 22.9. The summed E-state index contributed by atoms with van der Waals surface area (Å²) in [6.45, 7) is 6.81. The van der Waals surface area contributed by atoms with E-state index in [1.54, 1.807) is 26.1 Å². The van der Waals surface area contributed by atoms with Crippen LogP contribution in [0.15, 0.2) is 47.1 Å². The summed E-state index contributed by atoms with van der Waals surface area (Å²) in [5.41, 5.74) is 1.45. The van der Waals surface area contributed by atoms with E-state index in [1.807, 2.05) is 16.4 Å². The molecule has 2 saturated heterocycles. The van der Waals surface area contributed by atoms with Gasteiger partial charge >= 0.3 is 11.9 Å². The second-order valence-corrected chi connectivity index (χ2v) is 12.7. The molecule has 13 heteroatoms. The third kappa shape index (κ3) is 5.97. The Morgan fingerprint density at radius 3 is 2.76 bits per heavy atom. The number of ether oxygens (including phenoxy) is 1. The second-order valence-electron chi connectivity index (χ2n) is 11.0. The summed E-state index contributed by atoms with van der Waals surface area (Å²) in [6, 6.07) is 4.25. The Bertz CT molecular complexity index is 1430. The van der Waals surface area contributed by atoms with Crippen LogP contribution in [0.4, 0.5) is 4.39 Å². The molecule has 3 aliphatic rings. The van der Waals surface area contributed by atoms with E-state index in [1.165, 1.54) is 30.6 Å². The SMILES string of the molecule is COC(=O)C1=C(CN2CCN3C(=S)N(CC(C)(C)C(=O)O)C[C@H]3C2)NC(c2nccs2)=C[C@H]1c1ccc(F)cc1Cl. The first-order valence-corrected chi connectivity index (χ1v) is 14.8. The Morgan fingerprint density at radius 1 is 1.32 bits per heavy atom. The minimum Gasteiger partial charge on any atom is -0.481 e. The van der Waals surface area contributed by atoms with E-state index in [2.05, 4.69) is 20.1 Å². The van der Waals surface area contributed by atoms with Gasteiger partial charge in [0.1, 0.15) is 10.8 Å². The van der Waals surface area contributed by atoms with E-state index >= 15 is 0 Å². The van der Waals surface area contributed by atoms with Gasteiger partial charge in [-0.1, -0.05) is 17.7 Å². The van der Waals surface area contributed by atoms with E-state index in [9.17, 15) is 19.1 Å². The number of rotatable bonds is 8. The minimum absolute atomic E-state index is 0.0860. The van der Waals surface area contributed by atoms with Crippen molar-refractivity contribution in [3.8, 4) is 0 Å². The Labute approximate surface area is 252 Å². The number of methoxy groups -OCH3 is 1. The fourth-order valence-electron chi connectivity index (χ4n) is 5.56. The number of thiocarbonyl (C=S) groups is 1. The highest BCUT2D eigenvalue weighted by Gasteiger charge is 2.42. The number of thiazole rings is 1. The number of nitrogens with one attached hydrogen (secondary N) is 1. The number of fused-ring (bicyclic) bond motifs is 1. The second kappa shape index (κ2) is 11.7. The number of carboxylic acid groups (broad SMARTS) is 1. The number of hydrogen-bond donors (Lipinski definition) is 2. The van der Waals surface area contributed by atoms with Gasteiger partial charge in [0.2, 0.25) is 0 Å². The van der Waals surface area contributed by atoms with Crippen LogP contribution < -0.4 is 5.32 Å². The van der Waals surface area contributed by atoms with Crippen molar-refractivity contribution in [2.75, 3.05) is 46.4 Å². The molecule has 3 aliphatic heterocycles. The number of aliphatic carboxylic acids is 1. The molecule has 0 unspecified atom stereocenters. The van der Waals surface area contributed by atoms with Gasteiger partial charge in [-0.3, -0.25) is 9.69 Å². The van der Waals surface area contributed by atoms with Crippen molar-refractivity contribution in [1.29, 1.82) is 0 Å². The molecule has 5 rings (SSSR count). The molecule has 1 aromatic carbocycles. The molecule has 1 aromatic heterocycles. The van der Waals surface area contributed by atoms with E-state index in [-0.39, 0.29) is 11.1 Å². The third-order valence-electron chi connectivity index (χ3n) is 7.68. The van der Waals surface area contributed by atoms with Gasteiger partial charge in [-0.2, -0.15) is 0 Å². The number of nitrogens with zero attached hydrogens (tertiary/aromatic N) is 4. The Kier molecular flexibility index (Phi) is 8.38.